The van der Waals surface area contributed by atoms with Crippen LogP contribution in [0.5, 0.6) is 5.75 Å². The summed E-state index contributed by atoms with van der Waals surface area (Å²) in [5.74, 6) is -0.0729. The van der Waals surface area contributed by atoms with E-state index in [0.717, 1.165) is 16.8 Å². The van der Waals surface area contributed by atoms with Crippen molar-refractivity contribution in [3.63, 3.8) is 0 Å². The van der Waals surface area contributed by atoms with Gasteiger partial charge in [-0.1, -0.05) is 35.5 Å². The average molecular weight is 375 g/mol. The zero-order chi connectivity index (χ0) is 19.7. The fourth-order valence-electron chi connectivity index (χ4n) is 3.10. The maximum atomic E-state index is 11.3. The fraction of sp³-hybridized carbons (Fsp3) is 0.100. The molecule has 3 aromatic carbocycles. The molecular formula is C20H17N5O3. The number of benzene rings is 3. The summed E-state index contributed by atoms with van der Waals surface area (Å²) in [6, 6.07) is 19.0. The van der Waals surface area contributed by atoms with E-state index in [4.69, 9.17) is 0 Å². The maximum Gasteiger partial charge on any atom is 0.270 e. The van der Waals surface area contributed by atoms with E-state index in [1.54, 1.807) is 4.68 Å². The zero-order valence-corrected chi connectivity index (χ0v) is 15.0. The Hall–Kier alpha value is -3.94. The van der Waals surface area contributed by atoms with Gasteiger partial charge in [-0.15, -0.1) is 5.10 Å². The molecule has 0 aliphatic heterocycles. The molecule has 8 nitrogen and oxygen atoms in total. The first-order chi connectivity index (χ1) is 13.5. The van der Waals surface area contributed by atoms with Crippen molar-refractivity contribution < 1.29 is 10.0 Å². The number of nitrogens with one attached hydrogen (secondary N) is 1. The van der Waals surface area contributed by atoms with Crippen LogP contribution in [0.1, 0.15) is 17.3 Å². The monoisotopic (exact) mass is 375 g/mol. The van der Waals surface area contributed by atoms with Crippen LogP contribution in [0.25, 0.3) is 11.0 Å². The number of phenolic OH excluding ortho intramolecular Hbond substituents is 1. The van der Waals surface area contributed by atoms with Gasteiger partial charge in [0.05, 0.1) is 10.4 Å². The van der Waals surface area contributed by atoms with Gasteiger partial charge in [0.2, 0.25) is 0 Å². The van der Waals surface area contributed by atoms with Gasteiger partial charge in [0.25, 0.3) is 5.69 Å². The highest BCUT2D eigenvalue weighted by Crippen LogP contribution is 2.33. The summed E-state index contributed by atoms with van der Waals surface area (Å²) in [5, 5.41) is 33.5. The molecule has 4 rings (SSSR count). The van der Waals surface area contributed by atoms with E-state index in [0.29, 0.717) is 11.1 Å². The first-order valence-electron chi connectivity index (χ1n) is 8.64. The van der Waals surface area contributed by atoms with Gasteiger partial charge in [-0.3, -0.25) is 10.1 Å². The molecular weight excluding hydrogens is 358 g/mol. The number of aromatic hydroxyl groups is 1. The highest BCUT2D eigenvalue weighted by atomic mass is 16.6. The number of rotatable bonds is 5. The molecule has 0 saturated heterocycles. The Morgan fingerprint density at radius 1 is 1.11 bits per heavy atom. The van der Waals surface area contributed by atoms with Crippen LogP contribution in [0.2, 0.25) is 0 Å². The predicted octanol–water partition coefficient (Wildman–Crippen LogP) is 4.01. The van der Waals surface area contributed by atoms with Gasteiger partial charge >= 0.3 is 0 Å². The Kier molecular flexibility index (Phi) is 4.36. The lowest BCUT2D eigenvalue weighted by Gasteiger charge is -2.23. The number of aryl methyl sites for hydroxylation is 1. The summed E-state index contributed by atoms with van der Waals surface area (Å²) in [6.45, 7) is 1.95. The van der Waals surface area contributed by atoms with Gasteiger partial charge in [-0.25, -0.2) is 4.68 Å². The quantitative estimate of drug-likeness (QED) is 0.403. The molecule has 2 N–H and O–H groups in total. The van der Waals surface area contributed by atoms with Crippen molar-refractivity contribution in [2.24, 2.45) is 0 Å². The lowest BCUT2D eigenvalue weighted by molar-refractivity contribution is -0.385. The number of para-hydroxylation sites is 2. The van der Waals surface area contributed by atoms with E-state index >= 15 is 0 Å². The molecule has 0 radical (unpaired) electrons. The third-order valence-electron chi connectivity index (χ3n) is 4.58. The molecule has 1 aromatic heterocycles. The molecule has 0 aliphatic rings. The van der Waals surface area contributed by atoms with E-state index < -0.39 is 11.1 Å². The molecule has 28 heavy (non-hydrogen) atoms. The Labute approximate surface area is 160 Å². The van der Waals surface area contributed by atoms with Crippen molar-refractivity contribution in [3.05, 3.63) is 88.0 Å². The van der Waals surface area contributed by atoms with Gasteiger partial charge < -0.3 is 10.4 Å². The van der Waals surface area contributed by atoms with Gasteiger partial charge in [-0.2, -0.15) is 0 Å². The second kappa shape index (κ2) is 6.99. The molecule has 4 aromatic rings. The first kappa shape index (κ1) is 17.5. The normalized spacial score (nSPS) is 12.0. The number of nitro groups is 1. The number of aromatic nitrogens is 3. The number of hydrogen-bond donors (Lipinski definition) is 2. The Morgan fingerprint density at radius 2 is 1.86 bits per heavy atom. The number of nitrogens with zero attached hydrogens (tertiary/aromatic N) is 4. The number of anilines is 1. The van der Waals surface area contributed by atoms with E-state index in [-0.39, 0.29) is 11.4 Å². The Morgan fingerprint density at radius 3 is 2.64 bits per heavy atom. The summed E-state index contributed by atoms with van der Waals surface area (Å²) >= 11 is 0. The number of hydrogen-bond acceptors (Lipinski definition) is 6. The number of non-ortho nitro benzene ring substituents is 1. The smallest absolute Gasteiger partial charge is 0.270 e. The molecule has 0 fully saturated rings. The lowest BCUT2D eigenvalue weighted by atomic mass is 10.1. The molecule has 8 heteroatoms. The van der Waals surface area contributed by atoms with E-state index in [9.17, 15) is 15.2 Å². The average Bonchev–Trinajstić information content (AvgIpc) is 3.12. The molecule has 0 saturated carbocycles. The largest absolute Gasteiger partial charge is 0.508 e. The SMILES string of the molecule is Cc1ccccc1N[C@H](c1cc([N+](=O)[O-])ccc1O)n1nnc2ccccc21. The summed E-state index contributed by atoms with van der Waals surface area (Å²) in [6.07, 6.45) is -0.701. The predicted molar refractivity (Wildman–Crippen MR) is 105 cm³/mol. The topological polar surface area (TPSA) is 106 Å². The molecule has 1 atom stereocenters. The van der Waals surface area contributed by atoms with E-state index in [1.165, 1.54) is 18.2 Å². The van der Waals surface area contributed by atoms with Crippen molar-refractivity contribution in [2.45, 2.75) is 13.1 Å². The minimum Gasteiger partial charge on any atom is -0.508 e. The lowest BCUT2D eigenvalue weighted by Crippen LogP contribution is -2.21. The van der Waals surface area contributed by atoms with Crippen LogP contribution in [0.3, 0.4) is 0 Å². The van der Waals surface area contributed by atoms with Crippen LogP contribution in [-0.4, -0.2) is 25.0 Å². The third-order valence-corrected chi connectivity index (χ3v) is 4.58. The van der Waals surface area contributed by atoms with Crippen LogP contribution in [0.15, 0.2) is 66.7 Å². The summed E-state index contributed by atoms with van der Waals surface area (Å²) < 4.78 is 1.61. The van der Waals surface area contributed by atoms with Crippen molar-refractivity contribution in [2.75, 3.05) is 5.32 Å². The van der Waals surface area contributed by atoms with Crippen LogP contribution < -0.4 is 5.32 Å². The highest BCUT2D eigenvalue weighted by Gasteiger charge is 2.24. The van der Waals surface area contributed by atoms with Gasteiger partial charge in [-0.05, 0) is 36.8 Å². The van der Waals surface area contributed by atoms with Crippen LogP contribution in [0, 0.1) is 17.0 Å². The summed E-state index contributed by atoms with van der Waals surface area (Å²) in [5.41, 5.74) is 3.44. The minimum atomic E-state index is -0.701. The maximum absolute atomic E-state index is 11.3. The van der Waals surface area contributed by atoms with Gasteiger partial charge in [0.15, 0.2) is 6.17 Å². The summed E-state index contributed by atoms with van der Waals surface area (Å²) in [7, 11) is 0. The molecule has 0 spiro atoms. The van der Waals surface area contributed by atoms with Crippen molar-refractivity contribution in [1.29, 1.82) is 0 Å². The third kappa shape index (κ3) is 3.11. The first-order valence-corrected chi connectivity index (χ1v) is 8.64. The molecule has 1 heterocycles. The zero-order valence-electron chi connectivity index (χ0n) is 15.0. The molecule has 140 valence electrons. The fourth-order valence-corrected chi connectivity index (χ4v) is 3.10. The van der Waals surface area contributed by atoms with Crippen LogP contribution in [-0.2, 0) is 0 Å². The minimum absolute atomic E-state index is 0.0729. The van der Waals surface area contributed by atoms with Crippen LogP contribution in [0.4, 0.5) is 11.4 Å². The molecule has 0 aliphatic carbocycles. The van der Waals surface area contributed by atoms with Crippen LogP contribution >= 0.6 is 0 Å². The van der Waals surface area contributed by atoms with E-state index in [2.05, 4.69) is 15.6 Å². The number of nitro benzene ring substituents is 1. The number of fused-ring (bicyclic) bond motifs is 1. The van der Waals surface area contributed by atoms with E-state index in [1.807, 2.05) is 55.5 Å². The number of phenols is 1. The Balaban J connectivity index is 1.91. The van der Waals surface area contributed by atoms with Crippen molar-refractivity contribution in [3.8, 4) is 5.75 Å². The standard InChI is InChI=1S/C20H17N5O3/c1-13-6-2-3-7-16(13)21-20(15-12-14(25(27)28)10-11-19(15)26)24-18-9-5-4-8-17(18)22-23-24/h2-12,20-21,26H,1H3/t20-/m0/s1. The Bertz CT molecular complexity index is 1170. The second-order valence-electron chi connectivity index (χ2n) is 6.38. The molecule has 0 bridgehead atoms. The second-order valence-corrected chi connectivity index (χ2v) is 6.38. The van der Waals surface area contributed by atoms with Crippen molar-refractivity contribution in [1.82, 2.24) is 15.0 Å². The van der Waals surface area contributed by atoms with Gasteiger partial charge in [0.1, 0.15) is 11.3 Å². The molecule has 0 amide bonds. The molecule has 0 unspecified atom stereocenters. The van der Waals surface area contributed by atoms with Crippen molar-refractivity contribution >= 4 is 22.4 Å². The van der Waals surface area contributed by atoms with Gasteiger partial charge in [0, 0.05) is 23.4 Å². The highest BCUT2D eigenvalue weighted by molar-refractivity contribution is 5.74. The summed E-state index contributed by atoms with van der Waals surface area (Å²) in [4.78, 5) is 10.8.